The van der Waals surface area contributed by atoms with Crippen LogP contribution >= 0.6 is 0 Å². The summed E-state index contributed by atoms with van der Waals surface area (Å²) < 4.78 is 41.4. The van der Waals surface area contributed by atoms with E-state index in [9.17, 15) is 8.42 Å². The summed E-state index contributed by atoms with van der Waals surface area (Å²) in [6, 6.07) is 13.0. The first-order valence-electron chi connectivity index (χ1n) is 10.9. The van der Waals surface area contributed by atoms with Crippen molar-refractivity contribution in [3.8, 4) is 0 Å². The number of hydrogen-bond donors (Lipinski definition) is 0. The summed E-state index contributed by atoms with van der Waals surface area (Å²) in [5.41, 5.74) is 0.608. The van der Waals surface area contributed by atoms with E-state index in [0.29, 0.717) is 44.8 Å². The Morgan fingerprint density at radius 1 is 1.03 bits per heavy atom. The van der Waals surface area contributed by atoms with E-state index in [0.717, 1.165) is 18.9 Å². The zero-order valence-corrected chi connectivity index (χ0v) is 18.5. The number of piperazine rings is 1. The van der Waals surface area contributed by atoms with Gasteiger partial charge in [-0.15, -0.1) is 0 Å². The lowest BCUT2D eigenvalue weighted by Crippen LogP contribution is -2.67. The molecule has 5 rings (SSSR count). The number of ether oxygens (including phenoxy) is 2. The number of hydrogen-bond acceptors (Lipinski definition) is 7. The van der Waals surface area contributed by atoms with Crippen LogP contribution in [0.2, 0.25) is 0 Å². The van der Waals surface area contributed by atoms with Gasteiger partial charge in [0.15, 0.2) is 0 Å². The van der Waals surface area contributed by atoms with Gasteiger partial charge in [0.25, 0.3) is 0 Å². The number of nitrogens with zero attached hydrogens (tertiary/aromatic N) is 4. The smallest absolute Gasteiger partial charge is 0.245 e. The first kappa shape index (κ1) is 20.8. The van der Waals surface area contributed by atoms with Crippen LogP contribution in [0.15, 0.2) is 53.6 Å². The number of anilines is 1. The Bertz CT molecular complexity index is 1020. The van der Waals surface area contributed by atoms with E-state index in [2.05, 4.69) is 14.8 Å². The van der Waals surface area contributed by atoms with Crippen LogP contribution in [0.4, 0.5) is 5.82 Å². The van der Waals surface area contributed by atoms with Crippen molar-refractivity contribution in [3.63, 3.8) is 0 Å². The molecule has 0 amide bonds. The quantitative estimate of drug-likeness (QED) is 0.712. The monoisotopic (exact) mass is 444 g/mol. The van der Waals surface area contributed by atoms with Gasteiger partial charge in [-0.3, -0.25) is 4.90 Å². The van der Waals surface area contributed by atoms with Crippen molar-refractivity contribution in [3.05, 3.63) is 54.2 Å². The van der Waals surface area contributed by atoms with Crippen molar-refractivity contribution in [2.75, 3.05) is 50.8 Å². The van der Waals surface area contributed by atoms with Crippen LogP contribution in [-0.2, 0) is 25.3 Å². The molecule has 0 saturated carbocycles. The van der Waals surface area contributed by atoms with Crippen LogP contribution in [0.25, 0.3) is 0 Å². The maximum absolute atomic E-state index is 13.6. The number of benzene rings is 1. The molecule has 9 heteroatoms. The minimum atomic E-state index is -3.67. The molecule has 0 aliphatic carbocycles. The van der Waals surface area contributed by atoms with E-state index >= 15 is 0 Å². The molecule has 3 aliphatic heterocycles. The van der Waals surface area contributed by atoms with Gasteiger partial charge in [-0.2, -0.15) is 4.31 Å². The van der Waals surface area contributed by atoms with Gasteiger partial charge in [-0.25, -0.2) is 13.4 Å². The summed E-state index contributed by atoms with van der Waals surface area (Å²) in [5, 5.41) is 0. The molecule has 2 fully saturated rings. The maximum atomic E-state index is 13.6. The molecule has 4 heterocycles. The Morgan fingerprint density at radius 3 is 2.42 bits per heavy atom. The minimum Gasteiger partial charge on any atom is -0.354 e. The Hall–Kier alpha value is -2.04. The topological polar surface area (TPSA) is 75.2 Å². The zero-order valence-electron chi connectivity index (χ0n) is 17.7. The van der Waals surface area contributed by atoms with E-state index in [4.69, 9.17) is 9.47 Å². The van der Waals surface area contributed by atoms with Crippen LogP contribution in [-0.4, -0.2) is 74.7 Å². The van der Waals surface area contributed by atoms with Crippen molar-refractivity contribution in [1.82, 2.24) is 14.2 Å². The molecule has 2 aromatic rings. The molecule has 0 bridgehead atoms. The van der Waals surface area contributed by atoms with Gasteiger partial charge in [0, 0.05) is 44.5 Å². The molecular weight excluding hydrogens is 416 g/mol. The first-order chi connectivity index (χ1) is 15.1. The first-order valence-corrected chi connectivity index (χ1v) is 12.3. The Balaban J connectivity index is 1.53. The fourth-order valence-electron chi connectivity index (χ4n) is 4.92. The van der Waals surface area contributed by atoms with Crippen molar-refractivity contribution < 1.29 is 17.9 Å². The normalized spacial score (nSPS) is 25.6. The number of fused-ring (bicyclic) bond motifs is 2. The average molecular weight is 445 g/mol. The Kier molecular flexibility index (Phi) is 5.47. The third-order valence-corrected chi connectivity index (χ3v) is 8.17. The molecule has 2 saturated heterocycles. The van der Waals surface area contributed by atoms with Crippen molar-refractivity contribution >= 4 is 15.8 Å². The molecule has 0 N–H and O–H groups in total. The highest BCUT2D eigenvalue weighted by Crippen LogP contribution is 2.47. The lowest BCUT2D eigenvalue weighted by atomic mass is 10.00. The zero-order chi connectivity index (χ0) is 21.5. The molecule has 31 heavy (non-hydrogen) atoms. The molecule has 1 spiro atoms. The van der Waals surface area contributed by atoms with Crippen LogP contribution in [0.1, 0.15) is 18.9 Å². The van der Waals surface area contributed by atoms with E-state index in [1.54, 1.807) is 22.6 Å². The fraction of sp³-hybridized carbons (Fsp3) is 0.500. The lowest BCUT2D eigenvalue weighted by molar-refractivity contribution is -0.241. The third-order valence-electron chi connectivity index (χ3n) is 6.26. The summed E-state index contributed by atoms with van der Waals surface area (Å²) in [4.78, 5) is 9.18. The summed E-state index contributed by atoms with van der Waals surface area (Å²) in [6.45, 7) is 6.18. The van der Waals surface area contributed by atoms with Crippen molar-refractivity contribution in [2.24, 2.45) is 0 Å². The summed E-state index contributed by atoms with van der Waals surface area (Å²) in [7, 11) is -3.67. The maximum Gasteiger partial charge on any atom is 0.245 e. The molecule has 1 atom stereocenters. The molecule has 1 aromatic heterocycles. The van der Waals surface area contributed by atoms with Gasteiger partial charge in [-0.05, 0) is 24.6 Å². The molecule has 3 aliphatic rings. The van der Waals surface area contributed by atoms with Crippen molar-refractivity contribution in [2.45, 2.75) is 30.2 Å². The van der Waals surface area contributed by atoms with Crippen LogP contribution in [0, 0.1) is 0 Å². The number of sulfonamides is 1. The molecular formula is C22H28N4O4S. The highest BCUT2D eigenvalue weighted by atomic mass is 32.2. The number of aromatic nitrogens is 1. The standard InChI is InChI=1S/C22H28N4O4S/c1-2-11-26-21(25-14-12-24(13-15-25)20-9-5-6-10-23-20)22(29-16-17-30-22)18-7-3-4-8-19(18)31(26,27)28/h3-10,21H,2,11-17H2,1H3. The Morgan fingerprint density at radius 2 is 1.74 bits per heavy atom. The molecule has 0 radical (unpaired) electrons. The van der Waals surface area contributed by atoms with E-state index in [1.807, 2.05) is 37.3 Å². The highest BCUT2D eigenvalue weighted by Gasteiger charge is 2.59. The van der Waals surface area contributed by atoms with E-state index in [-0.39, 0.29) is 4.90 Å². The SMILES string of the molecule is CCCN1C(N2CCN(c3ccccn3)CC2)C2(OCCO2)c2ccccc2S1(=O)=O. The number of pyridine rings is 1. The van der Waals surface area contributed by atoms with Gasteiger partial charge in [0.2, 0.25) is 15.8 Å². The second kappa shape index (κ2) is 8.14. The van der Waals surface area contributed by atoms with Crippen LogP contribution in [0.3, 0.4) is 0 Å². The largest absolute Gasteiger partial charge is 0.354 e. The summed E-state index contributed by atoms with van der Waals surface area (Å²) in [6.07, 6.45) is 1.97. The van der Waals surface area contributed by atoms with Crippen LogP contribution in [0.5, 0.6) is 0 Å². The second-order valence-electron chi connectivity index (χ2n) is 8.06. The fourth-order valence-corrected chi connectivity index (χ4v) is 6.87. The van der Waals surface area contributed by atoms with E-state index < -0.39 is 22.0 Å². The van der Waals surface area contributed by atoms with Gasteiger partial charge in [-0.1, -0.05) is 31.2 Å². The lowest BCUT2D eigenvalue weighted by Gasteiger charge is -2.52. The predicted octanol–water partition coefficient (Wildman–Crippen LogP) is 1.84. The predicted molar refractivity (Wildman–Crippen MR) is 116 cm³/mol. The molecule has 1 aromatic carbocycles. The third kappa shape index (κ3) is 3.35. The van der Waals surface area contributed by atoms with Gasteiger partial charge < -0.3 is 14.4 Å². The molecule has 8 nitrogen and oxygen atoms in total. The molecule has 166 valence electrons. The highest BCUT2D eigenvalue weighted by molar-refractivity contribution is 7.89. The number of rotatable bonds is 4. The van der Waals surface area contributed by atoms with Gasteiger partial charge in [0.1, 0.15) is 12.0 Å². The molecule has 1 unspecified atom stereocenters. The minimum absolute atomic E-state index is 0.286. The van der Waals surface area contributed by atoms with Crippen LogP contribution < -0.4 is 4.90 Å². The van der Waals surface area contributed by atoms with Gasteiger partial charge >= 0.3 is 0 Å². The summed E-state index contributed by atoms with van der Waals surface area (Å²) >= 11 is 0. The summed E-state index contributed by atoms with van der Waals surface area (Å²) in [5.74, 6) is -0.165. The Labute approximate surface area is 183 Å². The average Bonchev–Trinajstić information content (AvgIpc) is 3.29. The van der Waals surface area contributed by atoms with Gasteiger partial charge in [0.05, 0.1) is 18.1 Å². The second-order valence-corrected chi connectivity index (χ2v) is 9.92. The van der Waals surface area contributed by atoms with Crippen molar-refractivity contribution in [1.29, 1.82) is 0 Å². The van der Waals surface area contributed by atoms with E-state index in [1.165, 1.54) is 0 Å².